The predicted molar refractivity (Wildman–Crippen MR) is 68.4 cm³/mol. The third-order valence-corrected chi connectivity index (χ3v) is 4.33. The fourth-order valence-corrected chi connectivity index (χ4v) is 3.19. The molecule has 0 saturated carbocycles. The first-order chi connectivity index (χ1) is 8.65. The van der Waals surface area contributed by atoms with Gasteiger partial charge in [0.25, 0.3) is 0 Å². The van der Waals surface area contributed by atoms with Gasteiger partial charge in [0.2, 0.25) is 5.28 Å². The van der Waals surface area contributed by atoms with Crippen LogP contribution in [-0.4, -0.2) is 47.1 Å². The minimum absolute atomic E-state index is 0.106. The van der Waals surface area contributed by atoms with Crippen molar-refractivity contribution in [2.45, 2.75) is 31.3 Å². The minimum atomic E-state index is -0.389. The van der Waals surface area contributed by atoms with Crippen LogP contribution in [0.15, 0.2) is 6.20 Å². The Kier molecular flexibility index (Phi) is 3.11. The average molecular weight is 271 g/mol. The van der Waals surface area contributed by atoms with E-state index in [9.17, 15) is 4.39 Å². The molecule has 2 saturated heterocycles. The summed E-state index contributed by atoms with van der Waals surface area (Å²) >= 11 is 5.76. The van der Waals surface area contributed by atoms with Gasteiger partial charge in [0.05, 0.1) is 6.20 Å². The standard InChI is InChI=1S/C12H16ClFN4/c1-17-8-2-3-9(17)7-18(5-4-8)11-10(14)6-15-12(13)16-11/h6,8-9H,2-5,7H2,1H3. The Morgan fingerprint density at radius 3 is 2.94 bits per heavy atom. The van der Waals surface area contributed by atoms with Crippen LogP contribution >= 0.6 is 11.6 Å². The number of aromatic nitrogens is 2. The van der Waals surface area contributed by atoms with E-state index in [0.29, 0.717) is 17.9 Å². The van der Waals surface area contributed by atoms with Crippen molar-refractivity contribution in [3.63, 3.8) is 0 Å². The molecule has 4 nitrogen and oxygen atoms in total. The molecule has 0 spiro atoms. The van der Waals surface area contributed by atoms with E-state index >= 15 is 0 Å². The third-order valence-electron chi connectivity index (χ3n) is 4.14. The third kappa shape index (κ3) is 2.06. The van der Waals surface area contributed by atoms with Crippen LogP contribution in [0.25, 0.3) is 0 Å². The SMILES string of the molecule is CN1C2CCC1CN(c1nc(Cl)ncc1F)CC2. The summed E-state index contributed by atoms with van der Waals surface area (Å²) in [7, 11) is 2.16. The first-order valence-corrected chi connectivity index (χ1v) is 6.68. The monoisotopic (exact) mass is 270 g/mol. The highest BCUT2D eigenvalue weighted by molar-refractivity contribution is 6.28. The Balaban J connectivity index is 1.87. The van der Waals surface area contributed by atoms with Crippen LogP contribution in [0.2, 0.25) is 5.28 Å². The highest BCUT2D eigenvalue weighted by Gasteiger charge is 2.35. The fraction of sp³-hybridized carbons (Fsp3) is 0.667. The van der Waals surface area contributed by atoms with Crippen molar-refractivity contribution >= 4 is 17.4 Å². The van der Waals surface area contributed by atoms with Crippen molar-refractivity contribution in [1.82, 2.24) is 14.9 Å². The molecule has 2 aliphatic rings. The lowest BCUT2D eigenvalue weighted by molar-refractivity contribution is 0.254. The van der Waals surface area contributed by atoms with Crippen LogP contribution in [0.3, 0.4) is 0 Å². The number of likely N-dealkylation sites (N-methyl/N-ethyl adjacent to an activating group) is 1. The molecular formula is C12H16ClFN4. The topological polar surface area (TPSA) is 32.3 Å². The van der Waals surface area contributed by atoms with Crippen molar-refractivity contribution in [2.24, 2.45) is 0 Å². The lowest BCUT2D eigenvalue weighted by atomic mass is 10.1. The number of hydrogen-bond acceptors (Lipinski definition) is 4. The number of fused-ring (bicyclic) bond motifs is 2. The van der Waals surface area contributed by atoms with Gasteiger partial charge in [0.15, 0.2) is 11.6 Å². The number of rotatable bonds is 1. The molecule has 1 aromatic heterocycles. The van der Waals surface area contributed by atoms with Gasteiger partial charge in [0.1, 0.15) is 0 Å². The Morgan fingerprint density at radius 2 is 2.11 bits per heavy atom. The molecule has 1 aromatic rings. The van der Waals surface area contributed by atoms with Crippen LogP contribution in [0.4, 0.5) is 10.2 Å². The maximum Gasteiger partial charge on any atom is 0.224 e. The average Bonchev–Trinajstić information content (AvgIpc) is 2.57. The van der Waals surface area contributed by atoms with Gasteiger partial charge < -0.3 is 4.90 Å². The predicted octanol–water partition coefficient (Wildman–Crippen LogP) is 1.94. The minimum Gasteiger partial charge on any atom is -0.352 e. The Morgan fingerprint density at radius 1 is 1.33 bits per heavy atom. The summed E-state index contributed by atoms with van der Waals surface area (Å²) in [6.07, 6.45) is 4.63. The molecule has 3 heterocycles. The Labute approximate surface area is 111 Å². The second-order valence-electron chi connectivity index (χ2n) is 5.10. The molecule has 0 N–H and O–H groups in total. The zero-order valence-corrected chi connectivity index (χ0v) is 11.1. The van der Waals surface area contributed by atoms with Gasteiger partial charge >= 0.3 is 0 Å². The molecule has 0 aromatic carbocycles. The lowest BCUT2D eigenvalue weighted by Gasteiger charge is -2.26. The van der Waals surface area contributed by atoms with Gasteiger partial charge in [-0.2, -0.15) is 4.98 Å². The van der Waals surface area contributed by atoms with Gasteiger partial charge in [-0.25, -0.2) is 9.37 Å². The van der Waals surface area contributed by atoms with Crippen molar-refractivity contribution in [1.29, 1.82) is 0 Å². The fourth-order valence-electron chi connectivity index (χ4n) is 3.06. The maximum atomic E-state index is 13.8. The molecule has 0 radical (unpaired) electrons. The smallest absolute Gasteiger partial charge is 0.224 e. The number of anilines is 1. The number of hydrogen-bond donors (Lipinski definition) is 0. The molecule has 2 fully saturated rings. The molecule has 2 bridgehead atoms. The van der Waals surface area contributed by atoms with E-state index in [-0.39, 0.29) is 11.1 Å². The molecule has 18 heavy (non-hydrogen) atoms. The molecule has 6 heteroatoms. The van der Waals surface area contributed by atoms with E-state index in [2.05, 4.69) is 21.9 Å². The summed E-state index contributed by atoms with van der Waals surface area (Å²) in [4.78, 5) is 12.1. The van der Waals surface area contributed by atoms with Crippen molar-refractivity contribution < 1.29 is 4.39 Å². The number of halogens is 2. The van der Waals surface area contributed by atoms with Crippen LogP contribution in [0.1, 0.15) is 19.3 Å². The van der Waals surface area contributed by atoms with E-state index in [1.54, 1.807) is 0 Å². The highest BCUT2D eigenvalue weighted by atomic mass is 35.5. The molecule has 0 aliphatic carbocycles. The summed E-state index contributed by atoms with van der Waals surface area (Å²) in [6.45, 7) is 1.65. The maximum absolute atomic E-state index is 13.8. The summed E-state index contributed by atoms with van der Waals surface area (Å²) in [5, 5.41) is 0.106. The Bertz CT molecular complexity index is 456. The molecule has 0 amide bonds. The zero-order valence-electron chi connectivity index (χ0n) is 10.3. The molecular weight excluding hydrogens is 255 g/mol. The lowest BCUT2D eigenvalue weighted by Crippen LogP contribution is -2.37. The van der Waals surface area contributed by atoms with Crippen molar-refractivity contribution in [2.75, 3.05) is 25.0 Å². The normalized spacial score (nSPS) is 28.5. The molecule has 2 aliphatic heterocycles. The quantitative estimate of drug-likeness (QED) is 0.730. The van der Waals surface area contributed by atoms with Crippen LogP contribution in [0.5, 0.6) is 0 Å². The summed E-state index contributed by atoms with van der Waals surface area (Å²) in [5.41, 5.74) is 0. The molecule has 2 unspecified atom stereocenters. The van der Waals surface area contributed by atoms with Crippen LogP contribution < -0.4 is 4.90 Å². The van der Waals surface area contributed by atoms with Gasteiger partial charge in [-0.1, -0.05) is 0 Å². The van der Waals surface area contributed by atoms with Crippen LogP contribution in [-0.2, 0) is 0 Å². The van der Waals surface area contributed by atoms with Gasteiger partial charge in [-0.05, 0) is 37.9 Å². The summed E-state index contributed by atoms with van der Waals surface area (Å²) in [5.74, 6) is -0.0456. The number of nitrogens with zero attached hydrogens (tertiary/aromatic N) is 4. The van der Waals surface area contributed by atoms with E-state index < -0.39 is 0 Å². The second-order valence-corrected chi connectivity index (χ2v) is 5.43. The Hall–Kier alpha value is -0.940. The van der Waals surface area contributed by atoms with Gasteiger partial charge in [-0.15, -0.1) is 0 Å². The first kappa shape index (κ1) is 12.1. The van der Waals surface area contributed by atoms with Gasteiger partial charge in [0, 0.05) is 25.2 Å². The van der Waals surface area contributed by atoms with E-state index in [4.69, 9.17) is 11.6 Å². The van der Waals surface area contributed by atoms with E-state index in [1.165, 1.54) is 12.8 Å². The van der Waals surface area contributed by atoms with Crippen LogP contribution in [0, 0.1) is 5.82 Å². The van der Waals surface area contributed by atoms with Crippen molar-refractivity contribution in [3.05, 3.63) is 17.3 Å². The van der Waals surface area contributed by atoms with E-state index in [0.717, 1.165) is 25.7 Å². The zero-order chi connectivity index (χ0) is 12.7. The van der Waals surface area contributed by atoms with Crippen molar-refractivity contribution in [3.8, 4) is 0 Å². The molecule has 3 rings (SSSR count). The molecule has 98 valence electrons. The van der Waals surface area contributed by atoms with Gasteiger partial charge in [-0.3, -0.25) is 4.90 Å². The van der Waals surface area contributed by atoms with E-state index in [1.807, 2.05) is 4.90 Å². The second kappa shape index (κ2) is 4.63. The summed E-state index contributed by atoms with van der Waals surface area (Å²) < 4.78 is 13.8. The largest absolute Gasteiger partial charge is 0.352 e. The summed E-state index contributed by atoms with van der Waals surface area (Å²) in [6, 6.07) is 1.12. The molecule has 2 atom stereocenters. The highest BCUT2D eigenvalue weighted by Crippen LogP contribution is 2.30. The first-order valence-electron chi connectivity index (χ1n) is 6.30.